The van der Waals surface area contributed by atoms with Gasteiger partial charge in [-0.05, 0) is 12.1 Å². The minimum absolute atomic E-state index is 0.353. The van der Waals surface area contributed by atoms with Crippen molar-refractivity contribution in [2.45, 2.75) is 0 Å². The molecule has 0 fully saturated rings. The highest BCUT2D eigenvalue weighted by Gasteiger charge is 2.20. The third kappa shape index (κ3) is 1.49. The van der Waals surface area contributed by atoms with Gasteiger partial charge < -0.3 is 19.2 Å². The largest absolute Gasteiger partial charge is 0.496 e. The van der Waals surface area contributed by atoms with Gasteiger partial charge in [0.05, 0.1) is 12.5 Å². The summed E-state index contributed by atoms with van der Waals surface area (Å²) in [5.41, 5.74) is 1.50. The molecule has 3 aromatic rings. The van der Waals surface area contributed by atoms with Gasteiger partial charge in [-0.2, -0.15) is 0 Å². The van der Waals surface area contributed by atoms with E-state index in [9.17, 15) is 10.0 Å². The summed E-state index contributed by atoms with van der Waals surface area (Å²) in [6.07, 6.45) is 0. The average Bonchev–Trinajstić information content (AvgIpc) is 2.76. The Morgan fingerprint density at radius 2 is 1.89 bits per heavy atom. The molecule has 0 saturated heterocycles. The van der Waals surface area contributed by atoms with Crippen molar-refractivity contribution in [1.29, 1.82) is 0 Å². The summed E-state index contributed by atoms with van der Waals surface area (Å²) in [4.78, 5) is 0. The van der Waals surface area contributed by atoms with Gasteiger partial charge in [0.15, 0.2) is 0 Å². The highest BCUT2D eigenvalue weighted by atomic mass is 16.5. The van der Waals surface area contributed by atoms with Crippen molar-refractivity contribution in [1.82, 2.24) is 0 Å². The molecule has 0 spiro atoms. The van der Waals surface area contributed by atoms with E-state index in [2.05, 4.69) is 0 Å². The van der Waals surface area contributed by atoms with Crippen LogP contribution in [0.3, 0.4) is 0 Å². The normalized spacial score (nSPS) is 11.1. The molecule has 0 unspecified atom stereocenters. The quantitative estimate of drug-likeness (QED) is 0.664. The zero-order valence-corrected chi connectivity index (χ0v) is 9.75. The van der Waals surface area contributed by atoms with Gasteiger partial charge in [0.25, 0.3) is 0 Å². The van der Waals surface area contributed by atoms with Crippen molar-refractivity contribution in [3.05, 3.63) is 36.4 Å². The Labute approximate surface area is 104 Å². The van der Waals surface area contributed by atoms with E-state index in [1.807, 2.05) is 24.3 Å². The van der Waals surface area contributed by atoms with Gasteiger partial charge in [0.1, 0.15) is 16.9 Å². The van der Waals surface area contributed by atoms with Gasteiger partial charge in [-0.1, -0.05) is 24.3 Å². The van der Waals surface area contributed by atoms with Crippen molar-refractivity contribution in [2.75, 3.05) is 7.11 Å². The Balaban J connectivity index is 2.48. The first-order valence-electron chi connectivity index (χ1n) is 5.56. The number of ether oxygens (including phenoxy) is 1. The van der Waals surface area contributed by atoms with Crippen LogP contribution in [0, 0.1) is 0 Å². The van der Waals surface area contributed by atoms with Crippen molar-refractivity contribution in [3.63, 3.8) is 0 Å². The van der Waals surface area contributed by atoms with E-state index >= 15 is 0 Å². The maximum atomic E-state index is 9.34. The van der Waals surface area contributed by atoms with Gasteiger partial charge >= 0.3 is 7.12 Å². The molecule has 0 aliphatic rings. The molecular formula is C13H11BO4. The second-order valence-corrected chi connectivity index (χ2v) is 4.03. The van der Waals surface area contributed by atoms with Crippen LogP contribution < -0.4 is 10.2 Å². The summed E-state index contributed by atoms with van der Waals surface area (Å²) in [5.74, 6) is 0.704. The summed E-state index contributed by atoms with van der Waals surface area (Å²) < 4.78 is 11.0. The number of methoxy groups -OCH3 is 1. The molecule has 0 saturated carbocycles. The lowest BCUT2D eigenvalue weighted by atomic mass is 9.79. The molecule has 4 nitrogen and oxygen atoms in total. The number of furan rings is 1. The van der Waals surface area contributed by atoms with E-state index in [0.717, 1.165) is 10.8 Å². The molecule has 1 aromatic heterocycles. The molecule has 2 aromatic carbocycles. The van der Waals surface area contributed by atoms with E-state index < -0.39 is 7.12 Å². The Bertz CT molecular complexity index is 717. The Kier molecular flexibility index (Phi) is 2.50. The maximum Gasteiger partial charge on any atom is 0.492 e. The lowest BCUT2D eigenvalue weighted by Crippen LogP contribution is -2.29. The van der Waals surface area contributed by atoms with E-state index in [1.54, 1.807) is 19.2 Å². The second kappa shape index (κ2) is 4.05. The third-order valence-corrected chi connectivity index (χ3v) is 3.01. The van der Waals surface area contributed by atoms with Gasteiger partial charge in [-0.15, -0.1) is 0 Å². The lowest BCUT2D eigenvalue weighted by molar-refractivity contribution is 0.420. The molecule has 90 valence electrons. The number of fused-ring (bicyclic) bond motifs is 3. The van der Waals surface area contributed by atoms with Gasteiger partial charge in [0.2, 0.25) is 0 Å². The van der Waals surface area contributed by atoms with Crippen molar-refractivity contribution < 1.29 is 19.2 Å². The zero-order chi connectivity index (χ0) is 12.7. The minimum Gasteiger partial charge on any atom is -0.496 e. The van der Waals surface area contributed by atoms with Crippen LogP contribution in [-0.2, 0) is 0 Å². The zero-order valence-electron chi connectivity index (χ0n) is 9.75. The topological polar surface area (TPSA) is 62.8 Å². The fraction of sp³-hybridized carbons (Fsp3) is 0.0769. The molecule has 3 rings (SSSR count). The molecule has 0 radical (unpaired) electrons. The van der Waals surface area contributed by atoms with Crippen molar-refractivity contribution >= 4 is 34.5 Å². The van der Waals surface area contributed by atoms with E-state index in [-0.39, 0.29) is 0 Å². The summed E-state index contributed by atoms with van der Waals surface area (Å²) in [6.45, 7) is 0. The fourth-order valence-electron chi connectivity index (χ4n) is 2.21. The molecule has 0 amide bonds. The monoisotopic (exact) mass is 242 g/mol. The predicted octanol–water partition coefficient (Wildman–Crippen LogP) is 1.27. The fourth-order valence-corrected chi connectivity index (χ4v) is 2.21. The first-order chi connectivity index (χ1) is 8.72. The number of hydrogen-bond acceptors (Lipinski definition) is 4. The molecule has 1 heterocycles. The van der Waals surface area contributed by atoms with Crippen LogP contribution in [0.5, 0.6) is 5.75 Å². The summed E-state index contributed by atoms with van der Waals surface area (Å²) in [7, 11) is 0.0403. The Morgan fingerprint density at radius 1 is 1.11 bits per heavy atom. The van der Waals surface area contributed by atoms with Crippen LogP contribution >= 0.6 is 0 Å². The van der Waals surface area contributed by atoms with Crippen LogP contribution in [0.4, 0.5) is 0 Å². The Hall–Kier alpha value is -1.98. The summed E-state index contributed by atoms with van der Waals surface area (Å²) in [5, 5.41) is 20.3. The first-order valence-corrected chi connectivity index (χ1v) is 5.56. The molecule has 5 heteroatoms. The van der Waals surface area contributed by atoms with E-state index in [0.29, 0.717) is 22.4 Å². The smallest absolute Gasteiger partial charge is 0.492 e. The summed E-state index contributed by atoms with van der Waals surface area (Å²) in [6, 6.07) is 10.8. The number of benzene rings is 2. The first kappa shape index (κ1) is 11.1. The number of para-hydroxylation sites is 1. The highest BCUT2D eigenvalue weighted by molar-refractivity contribution is 6.61. The molecule has 0 bridgehead atoms. The van der Waals surface area contributed by atoms with Crippen molar-refractivity contribution in [3.8, 4) is 5.75 Å². The minimum atomic E-state index is -1.56. The van der Waals surface area contributed by atoms with Crippen LogP contribution in [0.15, 0.2) is 40.8 Å². The third-order valence-electron chi connectivity index (χ3n) is 3.01. The van der Waals surface area contributed by atoms with Gasteiger partial charge in [-0.3, -0.25) is 0 Å². The van der Waals surface area contributed by atoms with Crippen molar-refractivity contribution in [2.24, 2.45) is 0 Å². The van der Waals surface area contributed by atoms with Gasteiger partial charge in [0, 0.05) is 10.8 Å². The van der Waals surface area contributed by atoms with Crippen LogP contribution in [0.2, 0.25) is 0 Å². The van der Waals surface area contributed by atoms with E-state index in [4.69, 9.17) is 9.15 Å². The SMILES string of the molecule is COc1cccc2oc3c(B(O)O)cccc3c12. The number of hydrogen-bond donors (Lipinski definition) is 2. The maximum absolute atomic E-state index is 9.34. The lowest BCUT2D eigenvalue weighted by Gasteiger charge is -2.01. The molecule has 18 heavy (non-hydrogen) atoms. The second-order valence-electron chi connectivity index (χ2n) is 4.03. The van der Waals surface area contributed by atoms with Crippen LogP contribution in [0.1, 0.15) is 0 Å². The highest BCUT2D eigenvalue weighted by Crippen LogP contribution is 2.34. The standard InChI is InChI=1S/C13H11BO4/c1-17-10-6-3-7-11-12(10)8-4-2-5-9(14(15)16)13(8)18-11/h2-7,15-16H,1H3. The molecule has 2 N–H and O–H groups in total. The molecular weight excluding hydrogens is 231 g/mol. The van der Waals surface area contributed by atoms with E-state index in [1.165, 1.54) is 0 Å². The van der Waals surface area contributed by atoms with Crippen LogP contribution in [-0.4, -0.2) is 24.3 Å². The number of rotatable bonds is 2. The summed E-state index contributed by atoms with van der Waals surface area (Å²) >= 11 is 0. The molecule has 0 atom stereocenters. The van der Waals surface area contributed by atoms with Gasteiger partial charge in [-0.25, -0.2) is 0 Å². The molecule has 0 aliphatic carbocycles. The average molecular weight is 242 g/mol. The predicted molar refractivity (Wildman–Crippen MR) is 70.1 cm³/mol. The van der Waals surface area contributed by atoms with Crippen LogP contribution in [0.25, 0.3) is 21.9 Å². The molecule has 0 aliphatic heterocycles. The Morgan fingerprint density at radius 3 is 2.61 bits per heavy atom.